The van der Waals surface area contributed by atoms with Crippen molar-refractivity contribution in [3.05, 3.63) is 34.9 Å². The van der Waals surface area contributed by atoms with Crippen molar-refractivity contribution >= 4 is 29.1 Å². The highest BCUT2D eigenvalue weighted by Crippen LogP contribution is 2.43. The maximum atomic E-state index is 11.3. The molecule has 0 amide bonds. The number of ether oxygens (including phenoxy) is 1. The molecule has 0 aromatic heterocycles. The van der Waals surface area contributed by atoms with Gasteiger partial charge in [0.15, 0.2) is 6.04 Å². The molecule has 0 radical (unpaired) electrons. The molecule has 6 heteroatoms. The first-order valence-corrected chi connectivity index (χ1v) is 8.93. The molecule has 1 unspecified atom stereocenters. The lowest BCUT2D eigenvalue weighted by molar-refractivity contribution is -0.137. The van der Waals surface area contributed by atoms with Crippen LogP contribution < -0.4 is 10.1 Å². The van der Waals surface area contributed by atoms with Gasteiger partial charge in [-0.05, 0) is 42.5 Å². The minimum atomic E-state index is -0.845. The van der Waals surface area contributed by atoms with Crippen LogP contribution in [0.25, 0.3) is 0 Å². The molecule has 0 bridgehead atoms. The van der Waals surface area contributed by atoms with Gasteiger partial charge in [0, 0.05) is 22.0 Å². The molecular weight excluding hydrogens is 324 g/mol. The number of carbonyl (C=O) groups is 1. The van der Waals surface area contributed by atoms with Gasteiger partial charge in [-0.25, -0.2) is 4.79 Å². The molecule has 24 heavy (non-hydrogen) atoms. The molecule has 1 aromatic carbocycles. The topological polar surface area (TPSA) is 70.9 Å². The lowest BCUT2D eigenvalue weighted by atomic mass is 9.78. The van der Waals surface area contributed by atoms with Gasteiger partial charge in [-0.1, -0.05) is 13.8 Å². The Morgan fingerprint density at radius 3 is 2.67 bits per heavy atom. The van der Waals surface area contributed by atoms with E-state index in [-0.39, 0.29) is 5.41 Å². The highest BCUT2D eigenvalue weighted by molar-refractivity contribution is 8.04. The summed E-state index contributed by atoms with van der Waals surface area (Å²) < 4.78 is 5.19. The molecule has 0 saturated heterocycles. The maximum absolute atomic E-state index is 11.3. The number of anilines is 1. The van der Waals surface area contributed by atoms with Gasteiger partial charge in [0.2, 0.25) is 0 Å². The Morgan fingerprint density at radius 1 is 1.33 bits per heavy atom. The fourth-order valence-electron chi connectivity index (χ4n) is 3.07. The number of nitrogens with one attached hydrogen (secondary N) is 1. The van der Waals surface area contributed by atoms with Crippen LogP contribution in [0.3, 0.4) is 0 Å². The van der Waals surface area contributed by atoms with E-state index in [1.165, 1.54) is 0 Å². The fraction of sp³-hybridized carbons (Fsp3) is 0.444. The Hall–Kier alpha value is -1.95. The quantitative estimate of drug-likeness (QED) is 0.868. The summed E-state index contributed by atoms with van der Waals surface area (Å²) in [6.45, 7) is 4.38. The van der Waals surface area contributed by atoms with Crippen LogP contribution in [-0.4, -0.2) is 35.7 Å². The Bertz CT molecular complexity index is 707. The molecule has 2 N–H and O–H groups in total. The van der Waals surface area contributed by atoms with Crippen molar-refractivity contribution in [1.29, 1.82) is 0 Å². The molecular formula is C18H22N2O3S. The van der Waals surface area contributed by atoms with Gasteiger partial charge in [0.05, 0.1) is 12.8 Å². The van der Waals surface area contributed by atoms with Crippen molar-refractivity contribution in [1.82, 2.24) is 0 Å². The molecule has 0 fully saturated rings. The second kappa shape index (κ2) is 6.51. The van der Waals surface area contributed by atoms with Gasteiger partial charge in [-0.3, -0.25) is 4.99 Å². The van der Waals surface area contributed by atoms with E-state index >= 15 is 0 Å². The average molecular weight is 346 g/mol. The third-order valence-corrected chi connectivity index (χ3v) is 5.46. The normalized spacial score (nSPS) is 22.5. The molecule has 1 aromatic rings. The number of thioether (sulfide) groups is 1. The number of carboxylic acids is 1. The summed E-state index contributed by atoms with van der Waals surface area (Å²) >= 11 is 1.60. The van der Waals surface area contributed by atoms with E-state index in [1.807, 2.05) is 24.3 Å². The van der Waals surface area contributed by atoms with Gasteiger partial charge in [0.25, 0.3) is 0 Å². The largest absolute Gasteiger partial charge is 0.497 e. The van der Waals surface area contributed by atoms with Crippen molar-refractivity contribution in [2.75, 3.05) is 18.2 Å². The number of aliphatic imine (C=N–C) groups is 1. The van der Waals surface area contributed by atoms with Crippen molar-refractivity contribution in [3.63, 3.8) is 0 Å². The minimum Gasteiger partial charge on any atom is -0.497 e. The van der Waals surface area contributed by atoms with Gasteiger partial charge in [0.1, 0.15) is 5.75 Å². The molecule has 0 saturated carbocycles. The smallest absolute Gasteiger partial charge is 0.329 e. The summed E-state index contributed by atoms with van der Waals surface area (Å²) in [4.78, 5) is 16.9. The molecule has 128 valence electrons. The zero-order chi connectivity index (χ0) is 17.3. The Labute approximate surface area is 146 Å². The predicted molar refractivity (Wildman–Crippen MR) is 98.0 cm³/mol. The van der Waals surface area contributed by atoms with Crippen LogP contribution >= 0.6 is 11.8 Å². The number of aliphatic carboxylic acids is 1. The Balaban J connectivity index is 1.91. The van der Waals surface area contributed by atoms with E-state index in [4.69, 9.17) is 4.74 Å². The van der Waals surface area contributed by atoms with Gasteiger partial charge >= 0.3 is 5.97 Å². The highest BCUT2D eigenvalue weighted by Gasteiger charge is 2.36. The maximum Gasteiger partial charge on any atom is 0.329 e. The van der Waals surface area contributed by atoms with Crippen LogP contribution in [0.1, 0.15) is 26.7 Å². The molecule has 5 nitrogen and oxygen atoms in total. The fourth-order valence-corrected chi connectivity index (χ4v) is 4.20. The van der Waals surface area contributed by atoms with Crippen LogP contribution in [0.15, 0.2) is 39.9 Å². The molecule has 1 aliphatic carbocycles. The van der Waals surface area contributed by atoms with Crippen LogP contribution in [0.4, 0.5) is 5.69 Å². The Kier molecular flexibility index (Phi) is 4.58. The zero-order valence-corrected chi connectivity index (χ0v) is 14.9. The van der Waals surface area contributed by atoms with Crippen LogP contribution in [0, 0.1) is 5.41 Å². The summed E-state index contributed by atoms with van der Waals surface area (Å²) in [6.07, 6.45) is 1.73. The Morgan fingerprint density at radius 2 is 2.04 bits per heavy atom. The first-order valence-electron chi connectivity index (χ1n) is 7.95. The molecule has 1 aliphatic heterocycles. The number of rotatable bonds is 4. The van der Waals surface area contributed by atoms with E-state index in [0.29, 0.717) is 5.75 Å². The lowest BCUT2D eigenvalue weighted by Gasteiger charge is -2.36. The summed E-state index contributed by atoms with van der Waals surface area (Å²) in [7, 11) is 1.65. The number of hydrogen-bond acceptors (Lipinski definition) is 5. The van der Waals surface area contributed by atoms with Crippen molar-refractivity contribution in [2.45, 2.75) is 32.7 Å². The monoisotopic (exact) mass is 346 g/mol. The molecule has 1 heterocycles. The second-order valence-electron chi connectivity index (χ2n) is 6.92. The van der Waals surface area contributed by atoms with Gasteiger partial charge in [-0.2, -0.15) is 0 Å². The van der Waals surface area contributed by atoms with Gasteiger partial charge in [-0.15, -0.1) is 11.8 Å². The predicted octanol–water partition coefficient (Wildman–Crippen LogP) is 3.78. The summed E-state index contributed by atoms with van der Waals surface area (Å²) in [5, 5.41) is 12.8. The number of benzene rings is 1. The zero-order valence-electron chi connectivity index (χ0n) is 14.1. The third-order valence-electron chi connectivity index (χ3n) is 4.21. The van der Waals surface area contributed by atoms with Crippen LogP contribution in [0.2, 0.25) is 0 Å². The standard InChI is InChI=1S/C18H22N2O3S/c1-18(2)8-13(19-11-4-6-12(23-3)7-5-11)16-14(9-18)20-15(10-24-16)17(21)22/h4-7,15,19H,8-10H2,1-3H3,(H,21,22). The number of nitrogens with zero attached hydrogens (tertiary/aromatic N) is 1. The molecule has 3 rings (SSSR count). The third kappa shape index (κ3) is 3.59. The van der Waals surface area contributed by atoms with Crippen molar-refractivity contribution in [3.8, 4) is 5.75 Å². The number of allylic oxidation sites excluding steroid dienone is 2. The summed E-state index contributed by atoms with van der Waals surface area (Å²) in [5.74, 6) is 0.463. The van der Waals surface area contributed by atoms with Gasteiger partial charge < -0.3 is 15.2 Å². The summed E-state index contributed by atoms with van der Waals surface area (Å²) in [6, 6.07) is 7.18. The second-order valence-corrected chi connectivity index (χ2v) is 7.95. The highest BCUT2D eigenvalue weighted by atomic mass is 32.2. The van der Waals surface area contributed by atoms with E-state index < -0.39 is 12.0 Å². The first-order chi connectivity index (χ1) is 11.4. The van der Waals surface area contributed by atoms with Crippen molar-refractivity contribution < 1.29 is 14.6 Å². The van der Waals surface area contributed by atoms with E-state index in [1.54, 1.807) is 18.9 Å². The average Bonchev–Trinajstić information content (AvgIpc) is 2.54. The van der Waals surface area contributed by atoms with E-state index in [2.05, 4.69) is 24.2 Å². The number of carboxylic acid groups (broad SMARTS) is 1. The number of fused-ring (bicyclic) bond motifs is 1. The lowest BCUT2D eigenvalue weighted by Crippen LogP contribution is -2.34. The van der Waals surface area contributed by atoms with E-state index in [9.17, 15) is 9.90 Å². The summed E-state index contributed by atoms with van der Waals surface area (Å²) in [5.41, 5.74) is 3.10. The van der Waals surface area contributed by atoms with Crippen LogP contribution in [-0.2, 0) is 4.79 Å². The molecule has 0 spiro atoms. The number of hydrogen-bond donors (Lipinski definition) is 2. The molecule has 2 aliphatic rings. The van der Waals surface area contributed by atoms with E-state index in [0.717, 1.165) is 40.6 Å². The minimum absolute atomic E-state index is 0.0537. The number of methoxy groups -OCH3 is 1. The molecule has 1 atom stereocenters. The first kappa shape index (κ1) is 16.9. The van der Waals surface area contributed by atoms with Crippen molar-refractivity contribution in [2.24, 2.45) is 10.4 Å². The van der Waals surface area contributed by atoms with Crippen LogP contribution in [0.5, 0.6) is 5.75 Å². The SMILES string of the molecule is COc1ccc(NC2=C3SCC(C(=O)O)N=C3CC(C)(C)C2)cc1.